The molecule has 1 aliphatic rings. The second kappa shape index (κ2) is 3.87. The maximum Gasteiger partial charge on any atom is 0.392 e. The average Bonchev–Trinajstić information content (AvgIpc) is 2.00. The summed E-state index contributed by atoms with van der Waals surface area (Å²) >= 11 is 0. The zero-order valence-corrected chi connectivity index (χ0v) is 8.12. The summed E-state index contributed by atoms with van der Waals surface area (Å²) in [6.45, 7) is 1.37. The summed E-state index contributed by atoms with van der Waals surface area (Å²) in [6.07, 6.45) is -10.0. The summed E-state index contributed by atoms with van der Waals surface area (Å²) in [5, 5.41) is 0. The molecule has 0 spiro atoms. The SMILES string of the molecule is CC1CC[C@H](C(F)(F)F)CC1C(F)(F)F. The predicted molar refractivity (Wildman–Crippen MR) is 42.1 cm³/mol. The van der Waals surface area contributed by atoms with Crippen LogP contribution in [0.5, 0.6) is 0 Å². The Balaban J connectivity index is 2.73. The Bertz CT molecular complexity index is 216. The highest BCUT2D eigenvalue weighted by atomic mass is 19.4. The molecule has 1 fully saturated rings. The van der Waals surface area contributed by atoms with Gasteiger partial charge in [0.2, 0.25) is 0 Å². The quantitative estimate of drug-likeness (QED) is 0.552. The van der Waals surface area contributed by atoms with Crippen LogP contribution in [-0.4, -0.2) is 12.4 Å². The van der Waals surface area contributed by atoms with Crippen molar-refractivity contribution in [2.24, 2.45) is 17.8 Å². The van der Waals surface area contributed by atoms with E-state index in [1.54, 1.807) is 0 Å². The largest absolute Gasteiger partial charge is 0.392 e. The van der Waals surface area contributed by atoms with Crippen LogP contribution in [0.15, 0.2) is 0 Å². The molecular formula is C9H12F6. The van der Waals surface area contributed by atoms with Gasteiger partial charge in [0.1, 0.15) is 0 Å². The van der Waals surface area contributed by atoms with Gasteiger partial charge in [-0.25, -0.2) is 0 Å². The fraction of sp³-hybridized carbons (Fsp3) is 1.00. The highest BCUT2D eigenvalue weighted by Crippen LogP contribution is 2.47. The van der Waals surface area contributed by atoms with E-state index in [-0.39, 0.29) is 12.8 Å². The maximum absolute atomic E-state index is 12.4. The molecule has 0 aliphatic heterocycles. The van der Waals surface area contributed by atoms with Crippen LogP contribution in [0, 0.1) is 17.8 Å². The molecule has 15 heavy (non-hydrogen) atoms. The molecule has 0 saturated heterocycles. The predicted octanol–water partition coefficient (Wildman–Crippen LogP) is 4.16. The first-order valence-electron chi connectivity index (χ1n) is 4.75. The van der Waals surface area contributed by atoms with Crippen LogP contribution in [0.3, 0.4) is 0 Å². The van der Waals surface area contributed by atoms with Crippen molar-refractivity contribution in [2.45, 2.75) is 38.5 Å². The topological polar surface area (TPSA) is 0 Å². The van der Waals surface area contributed by atoms with Crippen LogP contribution in [-0.2, 0) is 0 Å². The van der Waals surface area contributed by atoms with Gasteiger partial charge in [0.05, 0.1) is 11.8 Å². The van der Waals surface area contributed by atoms with E-state index in [4.69, 9.17) is 0 Å². The molecule has 0 aromatic rings. The molecule has 0 bridgehead atoms. The first-order valence-corrected chi connectivity index (χ1v) is 4.75. The minimum Gasteiger partial charge on any atom is -0.171 e. The van der Waals surface area contributed by atoms with E-state index in [1.165, 1.54) is 6.92 Å². The van der Waals surface area contributed by atoms with Crippen molar-refractivity contribution in [3.63, 3.8) is 0 Å². The van der Waals surface area contributed by atoms with Gasteiger partial charge in [0.25, 0.3) is 0 Å². The zero-order chi connectivity index (χ0) is 11.9. The smallest absolute Gasteiger partial charge is 0.171 e. The molecule has 1 aliphatic carbocycles. The molecular weight excluding hydrogens is 222 g/mol. The number of hydrogen-bond acceptors (Lipinski definition) is 0. The lowest BCUT2D eigenvalue weighted by atomic mass is 9.74. The van der Waals surface area contributed by atoms with Gasteiger partial charge in [0.15, 0.2) is 0 Å². The minimum absolute atomic E-state index is 0.00560. The van der Waals surface area contributed by atoms with E-state index in [2.05, 4.69) is 0 Å². The Hall–Kier alpha value is -0.420. The van der Waals surface area contributed by atoms with Crippen molar-refractivity contribution in [1.82, 2.24) is 0 Å². The molecule has 90 valence electrons. The van der Waals surface area contributed by atoms with E-state index in [0.29, 0.717) is 0 Å². The Morgan fingerprint density at radius 2 is 1.40 bits per heavy atom. The summed E-state index contributed by atoms with van der Waals surface area (Å²) in [7, 11) is 0. The van der Waals surface area contributed by atoms with Gasteiger partial charge >= 0.3 is 12.4 Å². The summed E-state index contributed by atoms with van der Waals surface area (Å²) in [5.74, 6) is -4.30. The van der Waals surface area contributed by atoms with Gasteiger partial charge in [-0.05, 0) is 25.2 Å². The van der Waals surface area contributed by atoms with Crippen molar-refractivity contribution < 1.29 is 26.3 Å². The lowest BCUT2D eigenvalue weighted by molar-refractivity contribution is -0.232. The Morgan fingerprint density at radius 3 is 1.80 bits per heavy atom. The molecule has 0 aromatic heterocycles. The zero-order valence-electron chi connectivity index (χ0n) is 8.12. The third-order valence-corrected chi connectivity index (χ3v) is 3.08. The lowest BCUT2D eigenvalue weighted by Crippen LogP contribution is -2.39. The standard InChI is InChI=1S/C9H12F6/c1-5-2-3-6(8(10,11)12)4-7(5)9(13,14)15/h5-7H,2-4H2,1H3/t5?,6-,7?/m0/s1. The van der Waals surface area contributed by atoms with Crippen molar-refractivity contribution in [3.05, 3.63) is 0 Å². The summed E-state index contributed by atoms with van der Waals surface area (Å²) in [4.78, 5) is 0. The molecule has 0 N–H and O–H groups in total. The fourth-order valence-electron chi connectivity index (χ4n) is 2.08. The molecule has 0 amide bonds. The van der Waals surface area contributed by atoms with Crippen LogP contribution in [0.4, 0.5) is 26.3 Å². The Morgan fingerprint density at radius 1 is 0.867 bits per heavy atom. The minimum atomic E-state index is -4.51. The first-order chi connectivity index (χ1) is 6.62. The number of hydrogen-bond donors (Lipinski definition) is 0. The van der Waals surface area contributed by atoms with Gasteiger partial charge < -0.3 is 0 Å². The maximum atomic E-state index is 12.4. The fourth-order valence-corrected chi connectivity index (χ4v) is 2.08. The summed E-state index contributed by atoms with van der Waals surface area (Å²) < 4.78 is 73.9. The third-order valence-electron chi connectivity index (χ3n) is 3.08. The molecule has 3 atom stereocenters. The van der Waals surface area contributed by atoms with Crippen molar-refractivity contribution in [2.75, 3.05) is 0 Å². The van der Waals surface area contributed by atoms with Gasteiger partial charge in [-0.2, -0.15) is 26.3 Å². The molecule has 2 unspecified atom stereocenters. The second-order valence-corrected chi connectivity index (χ2v) is 4.18. The van der Waals surface area contributed by atoms with Crippen molar-refractivity contribution >= 4 is 0 Å². The Labute approximate surface area is 83.6 Å². The number of alkyl halides is 6. The monoisotopic (exact) mass is 234 g/mol. The molecule has 0 aromatic carbocycles. The van der Waals surface area contributed by atoms with Gasteiger partial charge in [0, 0.05) is 0 Å². The van der Waals surface area contributed by atoms with E-state index >= 15 is 0 Å². The normalized spacial score (nSPS) is 34.2. The van der Waals surface area contributed by atoms with E-state index in [9.17, 15) is 26.3 Å². The van der Waals surface area contributed by atoms with Gasteiger partial charge in [-0.1, -0.05) is 6.92 Å². The van der Waals surface area contributed by atoms with Crippen LogP contribution in [0.2, 0.25) is 0 Å². The van der Waals surface area contributed by atoms with Crippen molar-refractivity contribution in [3.8, 4) is 0 Å². The molecule has 6 heteroatoms. The molecule has 1 rings (SSSR count). The van der Waals surface area contributed by atoms with E-state index < -0.39 is 36.5 Å². The van der Waals surface area contributed by atoms with E-state index in [0.717, 1.165) is 0 Å². The summed E-state index contributed by atoms with van der Waals surface area (Å²) in [5.41, 5.74) is 0. The van der Waals surface area contributed by atoms with Crippen LogP contribution < -0.4 is 0 Å². The summed E-state index contributed by atoms with van der Waals surface area (Å²) in [6, 6.07) is 0. The average molecular weight is 234 g/mol. The van der Waals surface area contributed by atoms with E-state index in [1.807, 2.05) is 0 Å². The van der Waals surface area contributed by atoms with Crippen molar-refractivity contribution in [1.29, 1.82) is 0 Å². The van der Waals surface area contributed by atoms with Gasteiger partial charge in [-0.15, -0.1) is 0 Å². The lowest BCUT2D eigenvalue weighted by Gasteiger charge is -2.36. The highest BCUT2D eigenvalue weighted by molar-refractivity contribution is 4.85. The highest BCUT2D eigenvalue weighted by Gasteiger charge is 2.51. The molecule has 0 nitrogen and oxygen atoms in total. The Kier molecular flexibility index (Phi) is 3.26. The van der Waals surface area contributed by atoms with Crippen LogP contribution in [0.25, 0.3) is 0 Å². The second-order valence-electron chi connectivity index (χ2n) is 4.18. The van der Waals surface area contributed by atoms with Gasteiger partial charge in [-0.3, -0.25) is 0 Å². The first kappa shape index (κ1) is 12.6. The molecule has 0 heterocycles. The van der Waals surface area contributed by atoms with Crippen LogP contribution >= 0.6 is 0 Å². The molecule has 1 saturated carbocycles. The van der Waals surface area contributed by atoms with Crippen LogP contribution in [0.1, 0.15) is 26.2 Å². The molecule has 0 radical (unpaired) electrons. The number of rotatable bonds is 0. The third kappa shape index (κ3) is 3.01. The number of halogens is 6.